The molecule has 0 saturated carbocycles. The van der Waals surface area contributed by atoms with Gasteiger partial charge in [0.05, 0.1) is 17.8 Å². The van der Waals surface area contributed by atoms with E-state index in [1.165, 1.54) is 12.4 Å². The summed E-state index contributed by atoms with van der Waals surface area (Å²) in [7, 11) is 0. The zero-order valence-corrected chi connectivity index (χ0v) is 13.0. The van der Waals surface area contributed by atoms with Crippen LogP contribution in [0.1, 0.15) is 11.3 Å². The fourth-order valence-electron chi connectivity index (χ4n) is 2.13. The van der Waals surface area contributed by atoms with E-state index in [9.17, 15) is 13.2 Å². The Labute approximate surface area is 142 Å². The zero-order valence-electron chi connectivity index (χ0n) is 13.0. The van der Waals surface area contributed by atoms with Gasteiger partial charge in [0.2, 0.25) is 0 Å². The first-order valence-electron chi connectivity index (χ1n) is 7.41. The average Bonchev–Trinajstić information content (AvgIpc) is 2.61. The Morgan fingerprint density at radius 1 is 0.880 bits per heavy atom. The Morgan fingerprint density at radius 2 is 1.72 bits per heavy atom. The van der Waals surface area contributed by atoms with Gasteiger partial charge in [0.15, 0.2) is 0 Å². The number of halogens is 3. The van der Waals surface area contributed by atoms with E-state index >= 15 is 0 Å². The number of anilines is 3. The van der Waals surface area contributed by atoms with Crippen molar-refractivity contribution in [1.29, 1.82) is 0 Å². The SMILES string of the molecule is FC(F)(F)c1cccc(Nc2cc(NCc3ccccn3)ncn2)c1. The van der Waals surface area contributed by atoms with Crippen LogP contribution in [0.2, 0.25) is 0 Å². The van der Waals surface area contributed by atoms with Crippen LogP contribution in [-0.4, -0.2) is 15.0 Å². The number of rotatable bonds is 5. The smallest absolute Gasteiger partial charge is 0.364 e. The first-order chi connectivity index (χ1) is 12.0. The molecule has 0 amide bonds. The molecule has 128 valence electrons. The van der Waals surface area contributed by atoms with Gasteiger partial charge in [-0.3, -0.25) is 4.98 Å². The highest BCUT2D eigenvalue weighted by Gasteiger charge is 2.30. The highest BCUT2D eigenvalue weighted by Crippen LogP contribution is 2.31. The number of hydrogen-bond acceptors (Lipinski definition) is 5. The van der Waals surface area contributed by atoms with Crippen molar-refractivity contribution in [2.75, 3.05) is 10.6 Å². The van der Waals surface area contributed by atoms with E-state index in [4.69, 9.17) is 0 Å². The molecule has 0 unspecified atom stereocenters. The van der Waals surface area contributed by atoms with Crippen molar-refractivity contribution in [3.05, 3.63) is 72.3 Å². The molecule has 2 heterocycles. The maximum atomic E-state index is 12.8. The lowest BCUT2D eigenvalue weighted by molar-refractivity contribution is -0.137. The van der Waals surface area contributed by atoms with Gasteiger partial charge in [-0.2, -0.15) is 13.2 Å². The van der Waals surface area contributed by atoms with Crippen molar-refractivity contribution in [3.8, 4) is 0 Å². The van der Waals surface area contributed by atoms with Gasteiger partial charge in [-0.05, 0) is 30.3 Å². The summed E-state index contributed by atoms with van der Waals surface area (Å²) in [6, 6.07) is 12.1. The normalized spacial score (nSPS) is 11.2. The number of nitrogens with zero attached hydrogens (tertiary/aromatic N) is 3. The molecule has 0 aliphatic carbocycles. The van der Waals surface area contributed by atoms with Crippen LogP contribution in [-0.2, 0) is 12.7 Å². The van der Waals surface area contributed by atoms with Gasteiger partial charge in [0.25, 0.3) is 0 Å². The first-order valence-corrected chi connectivity index (χ1v) is 7.41. The van der Waals surface area contributed by atoms with Gasteiger partial charge in [0, 0.05) is 18.0 Å². The maximum Gasteiger partial charge on any atom is 0.416 e. The van der Waals surface area contributed by atoms with Crippen molar-refractivity contribution in [2.45, 2.75) is 12.7 Å². The van der Waals surface area contributed by atoms with Crippen molar-refractivity contribution in [1.82, 2.24) is 15.0 Å². The summed E-state index contributed by atoms with van der Waals surface area (Å²) in [6.07, 6.45) is -1.37. The van der Waals surface area contributed by atoms with Gasteiger partial charge in [-0.1, -0.05) is 12.1 Å². The first kappa shape index (κ1) is 16.7. The summed E-state index contributed by atoms with van der Waals surface area (Å²) in [5, 5.41) is 5.94. The molecule has 3 rings (SSSR count). The second kappa shape index (κ2) is 7.16. The molecule has 2 aromatic heterocycles. The van der Waals surface area contributed by atoms with Crippen LogP contribution in [0.25, 0.3) is 0 Å². The molecule has 0 radical (unpaired) electrons. The van der Waals surface area contributed by atoms with Crippen molar-refractivity contribution >= 4 is 17.3 Å². The predicted molar refractivity (Wildman–Crippen MR) is 88.3 cm³/mol. The topological polar surface area (TPSA) is 62.7 Å². The highest BCUT2D eigenvalue weighted by molar-refractivity contribution is 5.59. The van der Waals surface area contributed by atoms with Gasteiger partial charge in [0.1, 0.15) is 18.0 Å². The number of nitrogens with one attached hydrogen (secondary N) is 2. The summed E-state index contributed by atoms with van der Waals surface area (Å²) >= 11 is 0. The van der Waals surface area contributed by atoms with Gasteiger partial charge < -0.3 is 10.6 Å². The molecule has 0 atom stereocenters. The van der Waals surface area contributed by atoms with Crippen LogP contribution in [0, 0.1) is 0 Å². The fourth-order valence-corrected chi connectivity index (χ4v) is 2.13. The molecule has 0 spiro atoms. The second-order valence-electron chi connectivity index (χ2n) is 5.17. The monoisotopic (exact) mass is 345 g/mol. The lowest BCUT2D eigenvalue weighted by atomic mass is 10.2. The summed E-state index contributed by atoms with van der Waals surface area (Å²) < 4.78 is 38.3. The maximum absolute atomic E-state index is 12.8. The zero-order chi connectivity index (χ0) is 17.7. The van der Waals surface area contributed by atoms with E-state index in [0.29, 0.717) is 23.9 Å². The highest BCUT2D eigenvalue weighted by atomic mass is 19.4. The summed E-state index contributed by atoms with van der Waals surface area (Å²) in [5.41, 5.74) is 0.415. The summed E-state index contributed by atoms with van der Waals surface area (Å²) in [5.74, 6) is 0.924. The number of hydrogen-bond donors (Lipinski definition) is 2. The fraction of sp³-hybridized carbons (Fsp3) is 0.118. The van der Waals surface area contributed by atoms with Gasteiger partial charge in [-0.25, -0.2) is 9.97 Å². The molecule has 0 fully saturated rings. The molecule has 0 aliphatic heterocycles. The molecule has 0 saturated heterocycles. The minimum Gasteiger partial charge on any atom is -0.364 e. The third-order valence-corrected chi connectivity index (χ3v) is 3.31. The van der Waals surface area contributed by atoms with Crippen LogP contribution in [0.4, 0.5) is 30.5 Å². The van der Waals surface area contributed by atoms with Crippen LogP contribution < -0.4 is 10.6 Å². The Balaban J connectivity index is 1.69. The molecule has 2 N–H and O–H groups in total. The lowest BCUT2D eigenvalue weighted by Crippen LogP contribution is -2.06. The molecular formula is C17H14F3N5. The molecule has 5 nitrogen and oxygen atoms in total. The Hall–Kier alpha value is -3.16. The largest absolute Gasteiger partial charge is 0.416 e. The standard InChI is InChI=1S/C17H14F3N5/c18-17(19,20)12-4-3-6-13(8-12)25-16-9-15(23-11-24-16)22-10-14-5-1-2-7-21-14/h1-9,11H,10H2,(H2,22,23,24,25). The molecule has 25 heavy (non-hydrogen) atoms. The van der Waals surface area contributed by atoms with E-state index in [2.05, 4.69) is 25.6 Å². The van der Waals surface area contributed by atoms with Crippen LogP contribution in [0.3, 0.4) is 0 Å². The predicted octanol–water partition coefficient (Wildman–Crippen LogP) is 4.25. The minimum atomic E-state index is -4.39. The summed E-state index contributed by atoms with van der Waals surface area (Å²) in [4.78, 5) is 12.3. The van der Waals surface area contributed by atoms with Gasteiger partial charge >= 0.3 is 6.18 Å². The molecule has 3 aromatic rings. The van der Waals surface area contributed by atoms with Gasteiger partial charge in [-0.15, -0.1) is 0 Å². The molecular weight excluding hydrogens is 331 g/mol. The Bertz CT molecular complexity index is 837. The van der Waals surface area contributed by atoms with E-state index in [-0.39, 0.29) is 0 Å². The van der Waals surface area contributed by atoms with Crippen molar-refractivity contribution in [2.24, 2.45) is 0 Å². The van der Waals surface area contributed by atoms with E-state index in [0.717, 1.165) is 17.8 Å². The molecule has 0 aliphatic rings. The number of benzene rings is 1. The number of pyridine rings is 1. The van der Waals surface area contributed by atoms with E-state index in [1.54, 1.807) is 18.3 Å². The Morgan fingerprint density at radius 3 is 2.48 bits per heavy atom. The number of aromatic nitrogens is 3. The third-order valence-electron chi connectivity index (χ3n) is 3.31. The van der Waals surface area contributed by atoms with E-state index in [1.807, 2.05) is 18.2 Å². The lowest BCUT2D eigenvalue weighted by Gasteiger charge is -2.11. The average molecular weight is 345 g/mol. The quantitative estimate of drug-likeness (QED) is 0.724. The van der Waals surface area contributed by atoms with Crippen molar-refractivity contribution < 1.29 is 13.2 Å². The Kier molecular flexibility index (Phi) is 4.78. The molecule has 8 heteroatoms. The van der Waals surface area contributed by atoms with Crippen LogP contribution >= 0.6 is 0 Å². The van der Waals surface area contributed by atoms with Crippen molar-refractivity contribution in [3.63, 3.8) is 0 Å². The van der Waals surface area contributed by atoms with Crippen LogP contribution in [0.15, 0.2) is 61.1 Å². The summed E-state index contributed by atoms with van der Waals surface area (Å²) in [6.45, 7) is 0.473. The molecule has 0 bridgehead atoms. The van der Waals surface area contributed by atoms with Crippen LogP contribution in [0.5, 0.6) is 0 Å². The van der Waals surface area contributed by atoms with E-state index < -0.39 is 11.7 Å². The third kappa shape index (κ3) is 4.66. The minimum absolute atomic E-state index is 0.296. The number of alkyl halides is 3. The second-order valence-corrected chi connectivity index (χ2v) is 5.17. The molecule has 1 aromatic carbocycles.